The van der Waals surface area contributed by atoms with E-state index in [2.05, 4.69) is 35.6 Å². The maximum Gasteiger partial charge on any atom is 0.199 e. The van der Waals surface area contributed by atoms with Crippen molar-refractivity contribution in [2.24, 2.45) is 0 Å². The van der Waals surface area contributed by atoms with Gasteiger partial charge in [-0.1, -0.05) is 45.0 Å². The molecule has 5 rings (SSSR count). The second-order valence-electron chi connectivity index (χ2n) is 8.70. The fourth-order valence-corrected chi connectivity index (χ4v) is 5.07. The van der Waals surface area contributed by atoms with E-state index in [1.807, 2.05) is 48.5 Å². The molecule has 0 saturated carbocycles. The van der Waals surface area contributed by atoms with Crippen LogP contribution in [0.25, 0.3) is 43.6 Å². The molecule has 0 aliphatic carbocycles. The van der Waals surface area contributed by atoms with Gasteiger partial charge < -0.3 is 14.9 Å². The zero-order chi connectivity index (χ0) is 23.1. The molecule has 2 aromatic heterocycles. The van der Waals surface area contributed by atoms with Gasteiger partial charge in [0.25, 0.3) is 0 Å². The van der Waals surface area contributed by atoms with Crippen LogP contribution in [0.5, 0.6) is 0 Å². The summed E-state index contributed by atoms with van der Waals surface area (Å²) in [5, 5.41) is 2.61. The summed E-state index contributed by atoms with van der Waals surface area (Å²) in [4.78, 5) is 36.8. The fraction of sp³-hybridized carbons (Fsp3) is 0.286. The zero-order valence-electron chi connectivity index (χ0n) is 19.4. The van der Waals surface area contributed by atoms with E-state index in [9.17, 15) is 9.59 Å². The largest absolute Gasteiger partial charge is 0.369 e. The van der Waals surface area contributed by atoms with E-state index in [4.69, 9.17) is 0 Å². The van der Waals surface area contributed by atoms with Crippen molar-refractivity contribution < 1.29 is 0 Å². The quantitative estimate of drug-likeness (QED) is 0.325. The molecule has 0 aliphatic rings. The Hall–Kier alpha value is -3.60. The van der Waals surface area contributed by atoms with Crippen LogP contribution in [0.15, 0.2) is 58.1 Å². The molecule has 0 unspecified atom stereocenters. The molecular formula is C28H29N3O2. The molecule has 2 heterocycles. The number of para-hydroxylation sites is 2. The lowest BCUT2D eigenvalue weighted by Gasteiger charge is -2.27. The highest BCUT2D eigenvalue weighted by Crippen LogP contribution is 2.34. The maximum absolute atomic E-state index is 13.9. The number of hydrogen-bond donors (Lipinski definition) is 2. The third kappa shape index (κ3) is 3.30. The minimum Gasteiger partial charge on any atom is -0.369 e. The summed E-state index contributed by atoms with van der Waals surface area (Å²) in [6.45, 7) is 7.99. The van der Waals surface area contributed by atoms with Gasteiger partial charge in [0, 0.05) is 29.4 Å². The van der Waals surface area contributed by atoms with Crippen molar-refractivity contribution in [1.29, 1.82) is 0 Å². The van der Waals surface area contributed by atoms with Crippen LogP contribution in [-0.2, 0) is 6.42 Å². The van der Waals surface area contributed by atoms with E-state index in [1.54, 1.807) is 0 Å². The maximum atomic E-state index is 13.9. The number of pyridine rings is 2. The molecule has 0 spiro atoms. The van der Waals surface area contributed by atoms with Crippen molar-refractivity contribution >= 4 is 49.3 Å². The van der Waals surface area contributed by atoms with Crippen molar-refractivity contribution in [3.63, 3.8) is 0 Å². The first-order valence-electron chi connectivity index (χ1n) is 11.9. The van der Waals surface area contributed by atoms with E-state index >= 15 is 0 Å². The molecule has 0 fully saturated rings. The van der Waals surface area contributed by atoms with Crippen molar-refractivity contribution in [2.75, 3.05) is 18.0 Å². The van der Waals surface area contributed by atoms with E-state index < -0.39 is 0 Å². The summed E-state index contributed by atoms with van der Waals surface area (Å²) in [7, 11) is 0. The Balaban J connectivity index is 2.05. The summed E-state index contributed by atoms with van der Waals surface area (Å²) in [6.07, 6.45) is 2.71. The number of fused-ring (bicyclic) bond motifs is 4. The number of aromatic amines is 2. The molecule has 0 bridgehead atoms. The van der Waals surface area contributed by atoms with Gasteiger partial charge in [-0.15, -0.1) is 0 Å². The molecule has 0 amide bonds. The first kappa shape index (κ1) is 21.3. The smallest absolute Gasteiger partial charge is 0.199 e. The minimum absolute atomic E-state index is 0.0113. The predicted molar refractivity (Wildman–Crippen MR) is 140 cm³/mol. The topological polar surface area (TPSA) is 69.0 Å². The molecule has 0 atom stereocenters. The molecule has 0 aliphatic heterocycles. The number of nitrogens with zero attached hydrogens (tertiary/aromatic N) is 1. The van der Waals surface area contributed by atoms with E-state index in [1.165, 1.54) is 0 Å². The Kier molecular flexibility index (Phi) is 5.41. The number of aryl methyl sites for hydroxylation is 1. The number of hydrogen-bond acceptors (Lipinski definition) is 3. The molecular weight excluding hydrogens is 410 g/mol. The number of H-pyrrole nitrogens is 2. The Morgan fingerprint density at radius 1 is 0.727 bits per heavy atom. The van der Waals surface area contributed by atoms with Crippen LogP contribution in [0.4, 0.5) is 5.69 Å². The molecule has 33 heavy (non-hydrogen) atoms. The van der Waals surface area contributed by atoms with Crippen molar-refractivity contribution in [2.45, 2.75) is 40.0 Å². The van der Waals surface area contributed by atoms with Crippen LogP contribution < -0.4 is 15.8 Å². The first-order valence-corrected chi connectivity index (χ1v) is 11.9. The van der Waals surface area contributed by atoms with Crippen LogP contribution in [0.3, 0.4) is 0 Å². The second-order valence-corrected chi connectivity index (χ2v) is 8.70. The summed E-state index contributed by atoms with van der Waals surface area (Å²) < 4.78 is 0. The average Bonchev–Trinajstić information content (AvgIpc) is 2.83. The summed E-state index contributed by atoms with van der Waals surface area (Å²) >= 11 is 0. The third-order valence-electron chi connectivity index (χ3n) is 6.54. The highest BCUT2D eigenvalue weighted by atomic mass is 16.1. The van der Waals surface area contributed by atoms with E-state index in [-0.39, 0.29) is 10.9 Å². The van der Waals surface area contributed by atoms with Gasteiger partial charge in [0.2, 0.25) is 0 Å². The average molecular weight is 440 g/mol. The monoisotopic (exact) mass is 439 g/mol. The standard InChI is InChI=1S/C28H29N3O2/c1-4-14-31(15-5-2)26-23-22(30-24-17(6-3)10-9-12-19(24)28(23)33)16-20-25(26)29-21-13-8-7-11-18(21)27(20)32/h7-13,16H,4-6,14-15H2,1-3H3,(H,29,32)(H,30,33). The molecule has 5 nitrogen and oxygen atoms in total. The second kappa shape index (κ2) is 8.39. The molecule has 3 aromatic carbocycles. The normalized spacial score (nSPS) is 11.7. The number of aromatic nitrogens is 2. The van der Waals surface area contributed by atoms with Gasteiger partial charge in [0.15, 0.2) is 10.9 Å². The van der Waals surface area contributed by atoms with Crippen LogP contribution in [-0.4, -0.2) is 23.1 Å². The Bertz CT molecular complexity index is 1620. The number of nitrogens with one attached hydrogen (secondary N) is 2. The lowest BCUT2D eigenvalue weighted by Crippen LogP contribution is -2.27. The predicted octanol–water partition coefficient (Wildman–Crippen LogP) is 5.86. The van der Waals surface area contributed by atoms with Gasteiger partial charge in [-0.2, -0.15) is 0 Å². The highest BCUT2D eigenvalue weighted by Gasteiger charge is 2.21. The summed E-state index contributed by atoms with van der Waals surface area (Å²) in [6, 6.07) is 15.3. The molecule has 5 heteroatoms. The highest BCUT2D eigenvalue weighted by molar-refractivity contribution is 6.13. The third-order valence-corrected chi connectivity index (χ3v) is 6.54. The van der Waals surface area contributed by atoms with Gasteiger partial charge in [0.1, 0.15) is 0 Å². The van der Waals surface area contributed by atoms with Crippen molar-refractivity contribution in [3.8, 4) is 0 Å². The van der Waals surface area contributed by atoms with Gasteiger partial charge in [-0.25, -0.2) is 0 Å². The van der Waals surface area contributed by atoms with Gasteiger partial charge in [-0.3, -0.25) is 9.59 Å². The fourth-order valence-electron chi connectivity index (χ4n) is 5.07. The number of rotatable bonds is 6. The summed E-state index contributed by atoms with van der Waals surface area (Å²) in [5.74, 6) is 0. The van der Waals surface area contributed by atoms with Gasteiger partial charge in [-0.05, 0) is 49.1 Å². The van der Waals surface area contributed by atoms with E-state index in [0.29, 0.717) is 27.1 Å². The Morgan fingerprint density at radius 2 is 1.42 bits per heavy atom. The first-order chi connectivity index (χ1) is 16.1. The molecule has 5 aromatic rings. The lowest BCUT2D eigenvalue weighted by molar-refractivity contribution is 0.749. The number of benzene rings is 3. The Morgan fingerprint density at radius 3 is 2.15 bits per heavy atom. The number of anilines is 1. The van der Waals surface area contributed by atoms with Crippen LogP contribution in [0.2, 0.25) is 0 Å². The van der Waals surface area contributed by atoms with Gasteiger partial charge >= 0.3 is 0 Å². The summed E-state index contributed by atoms with van der Waals surface area (Å²) in [5.41, 5.74) is 5.03. The Labute approximate surface area is 192 Å². The van der Waals surface area contributed by atoms with Gasteiger partial charge in [0.05, 0.1) is 33.0 Å². The lowest BCUT2D eigenvalue weighted by atomic mass is 10.00. The van der Waals surface area contributed by atoms with Crippen molar-refractivity contribution in [3.05, 3.63) is 74.5 Å². The molecule has 168 valence electrons. The van der Waals surface area contributed by atoms with E-state index in [0.717, 1.165) is 60.2 Å². The van der Waals surface area contributed by atoms with Crippen LogP contribution >= 0.6 is 0 Å². The molecule has 2 N–H and O–H groups in total. The van der Waals surface area contributed by atoms with Crippen LogP contribution in [0, 0.1) is 0 Å². The SMILES string of the molecule is CCCN(CCC)c1c2[nH]c3ccccc3c(=O)c2cc2[nH]c3c(CC)cccc3c(=O)c12. The van der Waals surface area contributed by atoms with Crippen LogP contribution in [0.1, 0.15) is 39.2 Å². The molecule has 0 saturated heterocycles. The molecule has 0 radical (unpaired) electrons. The zero-order valence-corrected chi connectivity index (χ0v) is 19.4. The van der Waals surface area contributed by atoms with Crippen molar-refractivity contribution in [1.82, 2.24) is 9.97 Å². The minimum atomic E-state index is -0.0137.